The molecule has 5 heteroatoms. The number of nitrogens with zero attached hydrogens (tertiary/aromatic N) is 3. The van der Waals surface area contributed by atoms with Crippen molar-refractivity contribution in [2.24, 2.45) is 0 Å². The third kappa shape index (κ3) is 1.81. The highest BCUT2D eigenvalue weighted by molar-refractivity contribution is 5.37. The van der Waals surface area contributed by atoms with Gasteiger partial charge in [-0.2, -0.15) is 4.98 Å². The summed E-state index contributed by atoms with van der Waals surface area (Å²) >= 11 is 0. The first-order valence-corrected chi connectivity index (χ1v) is 6.10. The number of hydrogen-bond donors (Lipinski definition) is 1. The number of methoxy groups -OCH3 is 1. The molecule has 0 spiro atoms. The fraction of sp³-hybridized carbons (Fsp3) is 0.385. The first kappa shape index (κ1) is 11.1. The van der Waals surface area contributed by atoms with Crippen LogP contribution in [-0.4, -0.2) is 21.9 Å². The van der Waals surface area contributed by atoms with Crippen LogP contribution < -0.4 is 10.5 Å². The van der Waals surface area contributed by atoms with Crippen LogP contribution in [0.25, 0.3) is 0 Å². The molecule has 0 bridgehead atoms. The Morgan fingerprint density at radius 3 is 3.06 bits per heavy atom. The van der Waals surface area contributed by atoms with E-state index in [0.717, 1.165) is 31.0 Å². The number of nitrogen functional groups attached to an aromatic ring is 1. The van der Waals surface area contributed by atoms with E-state index < -0.39 is 0 Å². The highest BCUT2D eigenvalue weighted by Crippen LogP contribution is 2.34. The van der Waals surface area contributed by atoms with Gasteiger partial charge in [0.25, 0.3) is 0 Å². The Morgan fingerprint density at radius 1 is 1.39 bits per heavy atom. The Kier molecular flexibility index (Phi) is 2.66. The summed E-state index contributed by atoms with van der Waals surface area (Å²) in [5, 5.41) is 4.17. The predicted octanol–water partition coefficient (Wildman–Crippen LogP) is 1.60. The molecule has 0 radical (unpaired) electrons. The molecule has 1 atom stereocenters. The molecular weight excluding hydrogens is 228 g/mol. The highest BCUT2D eigenvalue weighted by Gasteiger charge is 2.24. The lowest BCUT2D eigenvalue weighted by Gasteiger charge is -2.23. The van der Waals surface area contributed by atoms with Crippen LogP contribution in [0.15, 0.2) is 24.3 Å². The van der Waals surface area contributed by atoms with Crippen LogP contribution in [0.1, 0.15) is 23.7 Å². The number of rotatable bonds is 2. The lowest BCUT2D eigenvalue weighted by atomic mass is 9.89. The van der Waals surface area contributed by atoms with Crippen molar-refractivity contribution in [2.45, 2.75) is 25.3 Å². The van der Waals surface area contributed by atoms with Gasteiger partial charge in [0.05, 0.1) is 7.11 Å². The number of aromatic nitrogens is 3. The second kappa shape index (κ2) is 4.33. The van der Waals surface area contributed by atoms with Crippen molar-refractivity contribution in [3.05, 3.63) is 35.7 Å². The molecule has 2 aromatic rings. The van der Waals surface area contributed by atoms with Crippen molar-refractivity contribution < 1.29 is 4.74 Å². The van der Waals surface area contributed by atoms with E-state index in [4.69, 9.17) is 10.5 Å². The predicted molar refractivity (Wildman–Crippen MR) is 68.5 cm³/mol. The third-order valence-electron chi connectivity index (χ3n) is 3.46. The smallest absolute Gasteiger partial charge is 0.239 e. The van der Waals surface area contributed by atoms with Crippen LogP contribution in [0.2, 0.25) is 0 Å². The lowest BCUT2D eigenvalue weighted by Crippen LogP contribution is -2.19. The lowest BCUT2D eigenvalue weighted by molar-refractivity contribution is 0.387. The maximum Gasteiger partial charge on any atom is 0.239 e. The second-order valence-electron chi connectivity index (χ2n) is 4.54. The topological polar surface area (TPSA) is 66.0 Å². The summed E-state index contributed by atoms with van der Waals surface area (Å²) in [6.07, 6.45) is 1.90. The average Bonchev–Trinajstić information content (AvgIpc) is 2.77. The molecule has 0 aliphatic carbocycles. The van der Waals surface area contributed by atoms with Gasteiger partial charge in [-0.25, -0.2) is 4.68 Å². The van der Waals surface area contributed by atoms with E-state index in [0.29, 0.717) is 11.9 Å². The molecule has 1 aliphatic heterocycles. The SMILES string of the molecule is COc1ccccc1C1CCn2nc(N)nc2C1. The summed E-state index contributed by atoms with van der Waals surface area (Å²) in [6.45, 7) is 0.863. The monoisotopic (exact) mass is 244 g/mol. The van der Waals surface area contributed by atoms with Crippen LogP contribution in [-0.2, 0) is 13.0 Å². The molecule has 1 aromatic carbocycles. The van der Waals surface area contributed by atoms with Crippen LogP contribution in [0.5, 0.6) is 5.75 Å². The fourth-order valence-electron chi connectivity index (χ4n) is 2.59. The maximum absolute atomic E-state index is 5.63. The Morgan fingerprint density at radius 2 is 2.22 bits per heavy atom. The summed E-state index contributed by atoms with van der Waals surface area (Å²) in [4.78, 5) is 4.27. The Balaban J connectivity index is 1.91. The number of benzene rings is 1. The minimum atomic E-state index is 0.366. The zero-order chi connectivity index (χ0) is 12.5. The fourth-order valence-corrected chi connectivity index (χ4v) is 2.59. The molecule has 94 valence electrons. The van der Waals surface area contributed by atoms with Crippen molar-refractivity contribution in [1.82, 2.24) is 14.8 Å². The minimum Gasteiger partial charge on any atom is -0.496 e. The largest absolute Gasteiger partial charge is 0.496 e. The quantitative estimate of drug-likeness (QED) is 0.871. The number of hydrogen-bond acceptors (Lipinski definition) is 4. The molecule has 0 amide bonds. The summed E-state index contributed by atoms with van der Waals surface area (Å²) in [5.74, 6) is 2.71. The minimum absolute atomic E-state index is 0.366. The Hall–Kier alpha value is -2.04. The van der Waals surface area contributed by atoms with E-state index in [2.05, 4.69) is 16.1 Å². The zero-order valence-electron chi connectivity index (χ0n) is 10.3. The van der Waals surface area contributed by atoms with Gasteiger partial charge in [-0.05, 0) is 24.0 Å². The van der Waals surface area contributed by atoms with Crippen molar-refractivity contribution in [3.63, 3.8) is 0 Å². The molecule has 0 saturated heterocycles. The van der Waals surface area contributed by atoms with E-state index >= 15 is 0 Å². The molecule has 2 N–H and O–H groups in total. The summed E-state index contributed by atoms with van der Waals surface area (Å²) in [7, 11) is 1.71. The molecule has 0 saturated carbocycles. The number of anilines is 1. The average molecular weight is 244 g/mol. The highest BCUT2D eigenvalue weighted by atomic mass is 16.5. The van der Waals surface area contributed by atoms with E-state index in [1.54, 1.807) is 7.11 Å². The van der Waals surface area contributed by atoms with Crippen LogP contribution in [0.4, 0.5) is 5.95 Å². The molecule has 1 aromatic heterocycles. The van der Waals surface area contributed by atoms with E-state index in [9.17, 15) is 0 Å². The van der Waals surface area contributed by atoms with Gasteiger partial charge in [-0.3, -0.25) is 0 Å². The van der Waals surface area contributed by atoms with Crippen LogP contribution in [0, 0.1) is 0 Å². The molecule has 18 heavy (non-hydrogen) atoms. The van der Waals surface area contributed by atoms with Gasteiger partial charge < -0.3 is 10.5 Å². The normalized spacial score (nSPS) is 18.4. The first-order chi connectivity index (χ1) is 8.78. The van der Waals surface area contributed by atoms with Gasteiger partial charge in [-0.15, -0.1) is 5.10 Å². The molecule has 2 heterocycles. The Bertz CT molecular complexity index is 564. The molecule has 5 nitrogen and oxygen atoms in total. The summed E-state index contributed by atoms with van der Waals surface area (Å²) in [5.41, 5.74) is 6.87. The van der Waals surface area contributed by atoms with Crippen LogP contribution >= 0.6 is 0 Å². The Labute approximate surface area is 106 Å². The number of ether oxygens (including phenoxy) is 1. The van der Waals surface area contributed by atoms with E-state index in [1.807, 2.05) is 22.9 Å². The second-order valence-corrected chi connectivity index (χ2v) is 4.54. The number of para-hydroxylation sites is 1. The molecule has 0 fully saturated rings. The van der Waals surface area contributed by atoms with E-state index in [-0.39, 0.29) is 0 Å². The van der Waals surface area contributed by atoms with Crippen molar-refractivity contribution in [3.8, 4) is 5.75 Å². The standard InChI is InChI=1S/C13H16N4O/c1-18-11-5-3-2-4-10(11)9-6-7-17-12(8-9)15-13(14)16-17/h2-5,9H,6-8H2,1H3,(H2,14,16). The molecule has 1 unspecified atom stereocenters. The van der Waals surface area contributed by atoms with Gasteiger partial charge in [0.2, 0.25) is 5.95 Å². The van der Waals surface area contributed by atoms with Crippen LogP contribution in [0.3, 0.4) is 0 Å². The van der Waals surface area contributed by atoms with Gasteiger partial charge in [0.1, 0.15) is 11.6 Å². The zero-order valence-corrected chi connectivity index (χ0v) is 10.3. The van der Waals surface area contributed by atoms with E-state index in [1.165, 1.54) is 5.56 Å². The number of fused-ring (bicyclic) bond motifs is 1. The first-order valence-electron chi connectivity index (χ1n) is 6.10. The van der Waals surface area contributed by atoms with Crippen molar-refractivity contribution in [2.75, 3.05) is 12.8 Å². The number of aryl methyl sites for hydroxylation is 1. The van der Waals surface area contributed by atoms with Crippen molar-refractivity contribution in [1.29, 1.82) is 0 Å². The molecular formula is C13H16N4O. The van der Waals surface area contributed by atoms with Gasteiger partial charge in [0, 0.05) is 13.0 Å². The summed E-state index contributed by atoms with van der Waals surface area (Å²) in [6, 6.07) is 8.17. The molecule has 3 rings (SSSR count). The van der Waals surface area contributed by atoms with Gasteiger partial charge >= 0.3 is 0 Å². The molecule has 1 aliphatic rings. The van der Waals surface area contributed by atoms with Crippen molar-refractivity contribution >= 4 is 5.95 Å². The third-order valence-corrected chi connectivity index (χ3v) is 3.46. The number of nitrogens with two attached hydrogens (primary N) is 1. The van der Waals surface area contributed by atoms with Gasteiger partial charge in [0.15, 0.2) is 0 Å². The van der Waals surface area contributed by atoms with Gasteiger partial charge in [-0.1, -0.05) is 18.2 Å². The maximum atomic E-state index is 5.63. The summed E-state index contributed by atoms with van der Waals surface area (Å²) < 4.78 is 7.33.